The Balaban J connectivity index is 2.25. The van der Waals surface area contributed by atoms with Crippen LogP contribution in [0.25, 0.3) is 0 Å². The van der Waals surface area contributed by atoms with Gasteiger partial charge in [0.2, 0.25) is 0 Å². The lowest BCUT2D eigenvalue weighted by Crippen LogP contribution is -2.12. The molecule has 0 unspecified atom stereocenters. The number of anilines is 1. The molecule has 1 N–H and O–H groups in total. The van der Waals surface area contributed by atoms with Gasteiger partial charge in [-0.15, -0.1) is 0 Å². The highest BCUT2D eigenvalue weighted by Crippen LogP contribution is 2.21. The number of rotatable bonds is 4. The first kappa shape index (κ1) is 13.7. The average Bonchev–Trinajstić information content (AvgIpc) is 2.39. The van der Waals surface area contributed by atoms with Gasteiger partial charge in [-0.25, -0.2) is 8.42 Å². The van der Waals surface area contributed by atoms with E-state index in [2.05, 4.69) is 4.72 Å². The fourth-order valence-corrected chi connectivity index (χ4v) is 2.87. The van der Waals surface area contributed by atoms with Crippen molar-refractivity contribution < 1.29 is 13.2 Å². The first-order valence-electron chi connectivity index (χ1n) is 5.44. The third-order valence-corrected chi connectivity index (χ3v) is 4.06. The van der Waals surface area contributed by atoms with Crippen LogP contribution in [0.1, 0.15) is 0 Å². The summed E-state index contributed by atoms with van der Waals surface area (Å²) in [5.74, 6) is 0.658. The van der Waals surface area contributed by atoms with Crippen molar-refractivity contribution >= 4 is 27.3 Å². The number of methoxy groups -OCH3 is 1. The summed E-state index contributed by atoms with van der Waals surface area (Å²) in [6.45, 7) is 0. The highest BCUT2D eigenvalue weighted by Gasteiger charge is 2.14. The fraction of sp³-hybridized carbons (Fsp3) is 0.0769. The Hall–Kier alpha value is -1.72. The van der Waals surface area contributed by atoms with Crippen molar-refractivity contribution in [2.75, 3.05) is 11.8 Å². The van der Waals surface area contributed by atoms with Crippen LogP contribution < -0.4 is 9.46 Å². The van der Waals surface area contributed by atoms with Crippen molar-refractivity contribution in [1.82, 2.24) is 0 Å². The summed E-state index contributed by atoms with van der Waals surface area (Å²) in [6.07, 6.45) is 0. The minimum Gasteiger partial charge on any atom is -0.497 e. The van der Waals surface area contributed by atoms with Crippen molar-refractivity contribution in [3.63, 3.8) is 0 Å². The molecule has 0 saturated carbocycles. The summed E-state index contributed by atoms with van der Waals surface area (Å²) in [5, 5.41) is 0.373. The van der Waals surface area contributed by atoms with Crippen molar-refractivity contribution in [2.24, 2.45) is 0 Å². The molecule has 19 heavy (non-hydrogen) atoms. The Morgan fingerprint density at radius 3 is 2.37 bits per heavy atom. The Morgan fingerprint density at radius 1 is 1.11 bits per heavy atom. The standard InChI is InChI=1S/C13H12ClNO3S/c1-18-12-7-5-11(6-8-12)15-19(16,17)13-4-2-3-10(14)9-13/h2-9,15H,1H3. The molecule has 4 nitrogen and oxygen atoms in total. The summed E-state index contributed by atoms with van der Waals surface area (Å²) in [5.41, 5.74) is 0.459. The van der Waals surface area contributed by atoms with Crippen LogP contribution in [0.4, 0.5) is 5.69 Å². The van der Waals surface area contributed by atoms with E-state index in [0.717, 1.165) is 0 Å². The number of hydrogen-bond acceptors (Lipinski definition) is 3. The Kier molecular flexibility index (Phi) is 3.97. The molecule has 0 saturated heterocycles. The number of benzene rings is 2. The summed E-state index contributed by atoms with van der Waals surface area (Å²) in [4.78, 5) is 0.121. The normalized spacial score (nSPS) is 11.1. The van der Waals surface area contributed by atoms with E-state index in [4.69, 9.17) is 16.3 Å². The molecule has 0 aromatic heterocycles. The zero-order valence-corrected chi connectivity index (χ0v) is 11.7. The SMILES string of the molecule is COc1ccc(NS(=O)(=O)c2cccc(Cl)c2)cc1. The van der Waals surface area contributed by atoms with Gasteiger partial charge in [-0.2, -0.15) is 0 Å². The van der Waals surface area contributed by atoms with Crippen LogP contribution in [-0.4, -0.2) is 15.5 Å². The Labute approximate surface area is 117 Å². The topological polar surface area (TPSA) is 55.4 Å². The van der Waals surface area contributed by atoms with E-state index in [0.29, 0.717) is 16.5 Å². The smallest absolute Gasteiger partial charge is 0.261 e. The molecule has 0 amide bonds. The number of hydrogen-bond donors (Lipinski definition) is 1. The number of nitrogens with one attached hydrogen (secondary N) is 1. The number of ether oxygens (including phenoxy) is 1. The van der Waals surface area contributed by atoms with Crippen LogP contribution in [0.3, 0.4) is 0 Å². The van der Waals surface area contributed by atoms with E-state index in [1.807, 2.05) is 0 Å². The maximum atomic E-state index is 12.1. The molecule has 0 fully saturated rings. The lowest BCUT2D eigenvalue weighted by molar-refractivity contribution is 0.415. The van der Waals surface area contributed by atoms with E-state index in [1.54, 1.807) is 43.5 Å². The predicted octanol–water partition coefficient (Wildman–Crippen LogP) is 3.15. The van der Waals surface area contributed by atoms with Gasteiger partial charge in [-0.1, -0.05) is 17.7 Å². The maximum absolute atomic E-state index is 12.1. The van der Waals surface area contributed by atoms with Gasteiger partial charge < -0.3 is 4.74 Å². The molecule has 0 atom stereocenters. The maximum Gasteiger partial charge on any atom is 0.261 e. The number of sulfonamides is 1. The van der Waals surface area contributed by atoms with Crippen molar-refractivity contribution in [2.45, 2.75) is 4.90 Å². The molecule has 100 valence electrons. The van der Waals surface area contributed by atoms with Gasteiger partial charge in [0.1, 0.15) is 5.75 Å². The van der Waals surface area contributed by atoms with Crippen molar-refractivity contribution in [1.29, 1.82) is 0 Å². The predicted molar refractivity (Wildman–Crippen MR) is 75.3 cm³/mol. The first-order valence-corrected chi connectivity index (χ1v) is 7.30. The van der Waals surface area contributed by atoms with Crippen LogP contribution in [0, 0.1) is 0 Å². The second kappa shape index (κ2) is 5.50. The van der Waals surface area contributed by atoms with Crippen LogP contribution in [0.2, 0.25) is 5.02 Å². The van der Waals surface area contributed by atoms with Gasteiger partial charge in [0.15, 0.2) is 0 Å². The van der Waals surface area contributed by atoms with Crippen molar-refractivity contribution in [3.8, 4) is 5.75 Å². The molecule has 0 aliphatic rings. The van der Waals surface area contributed by atoms with Gasteiger partial charge in [0.25, 0.3) is 10.0 Å². The Morgan fingerprint density at radius 2 is 1.79 bits per heavy atom. The molecule has 2 aromatic carbocycles. The second-order valence-electron chi connectivity index (χ2n) is 3.79. The molecule has 2 rings (SSSR count). The summed E-state index contributed by atoms with van der Waals surface area (Å²) >= 11 is 5.78. The third-order valence-electron chi connectivity index (χ3n) is 2.45. The lowest BCUT2D eigenvalue weighted by atomic mass is 10.3. The Bertz CT molecular complexity index is 669. The molecule has 2 aromatic rings. The van der Waals surface area contributed by atoms with Crippen molar-refractivity contribution in [3.05, 3.63) is 53.6 Å². The molecule has 0 heterocycles. The second-order valence-corrected chi connectivity index (χ2v) is 5.91. The largest absolute Gasteiger partial charge is 0.497 e. The summed E-state index contributed by atoms with van der Waals surface area (Å²) < 4.78 is 31.7. The van der Waals surface area contributed by atoms with E-state index in [-0.39, 0.29) is 4.90 Å². The van der Waals surface area contributed by atoms with Gasteiger partial charge in [-0.3, -0.25) is 4.72 Å². The minimum absolute atomic E-state index is 0.121. The van der Waals surface area contributed by atoms with E-state index >= 15 is 0 Å². The van der Waals surface area contributed by atoms with Crippen LogP contribution in [0.5, 0.6) is 5.75 Å². The van der Waals surface area contributed by atoms with Gasteiger partial charge in [0, 0.05) is 10.7 Å². The molecule has 0 aliphatic heterocycles. The first-order chi connectivity index (χ1) is 9.01. The van der Waals surface area contributed by atoms with E-state index in [1.165, 1.54) is 12.1 Å². The quantitative estimate of drug-likeness (QED) is 0.943. The highest BCUT2D eigenvalue weighted by atomic mass is 35.5. The molecule has 0 radical (unpaired) electrons. The molecular formula is C13H12ClNO3S. The molecule has 0 spiro atoms. The highest BCUT2D eigenvalue weighted by molar-refractivity contribution is 7.92. The van der Waals surface area contributed by atoms with Crippen LogP contribution in [0.15, 0.2) is 53.4 Å². The van der Waals surface area contributed by atoms with E-state index in [9.17, 15) is 8.42 Å². The number of halogens is 1. The zero-order chi connectivity index (χ0) is 13.9. The lowest BCUT2D eigenvalue weighted by Gasteiger charge is -2.08. The average molecular weight is 298 g/mol. The molecule has 0 aliphatic carbocycles. The van der Waals surface area contributed by atoms with Gasteiger partial charge in [0.05, 0.1) is 12.0 Å². The fourth-order valence-electron chi connectivity index (χ4n) is 1.51. The van der Waals surface area contributed by atoms with Crippen LogP contribution in [-0.2, 0) is 10.0 Å². The van der Waals surface area contributed by atoms with Gasteiger partial charge >= 0.3 is 0 Å². The summed E-state index contributed by atoms with van der Waals surface area (Å²) in [6, 6.07) is 12.7. The minimum atomic E-state index is -3.63. The monoisotopic (exact) mass is 297 g/mol. The molecular weight excluding hydrogens is 286 g/mol. The summed E-state index contributed by atoms with van der Waals surface area (Å²) in [7, 11) is -2.08. The van der Waals surface area contributed by atoms with E-state index < -0.39 is 10.0 Å². The van der Waals surface area contributed by atoms with Crippen LogP contribution >= 0.6 is 11.6 Å². The third kappa shape index (κ3) is 3.39. The van der Waals surface area contributed by atoms with Gasteiger partial charge in [-0.05, 0) is 42.5 Å². The molecule has 6 heteroatoms. The molecule has 0 bridgehead atoms. The zero-order valence-electron chi connectivity index (χ0n) is 10.1.